The zero-order chi connectivity index (χ0) is 10.9. The van der Waals surface area contributed by atoms with Crippen molar-refractivity contribution in [3.05, 3.63) is 10.0 Å². The lowest BCUT2D eigenvalue weighted by atomic mass is 10.1. The SMILES string of the molecule is O=S1(=O)C=C(Br)N=C1CN1CCCCC1. The summed E-state index contributed by atoms with van der Waals surface area (Å²) in [4.78, 5) is 6.15. The van der Waals surface area contributed by atoms with Crippen molar-refractivity contribution in [2.24, 2.45) is 4.99 Å². The van der Waals surface area contributed by atoms with Gasteiger partial charge in [-0.3, -0.25) is 4.90 Å². The van der Waals surface area contributed by atoms with Crippen LogP contribution in [-0.2, 0) is 9.84 Å². The van der Waals surface area contributed by atoms with E-state index in [2.05, 4.69) is 25.8 Å². The van der Waals surface area contributed by atoms with E-state index in [1.807, 2.05) is 0 Å². The number of hydrogen-bond acceptors (Lipinski definition) is 4. The van der Waals surface area contributed by atoms with Gasteiger partial charge in [0.1, 0.15) is 4.61 Å². The summed E-state index contributed by atoms with van der Waals surface area (Å²) in [7, 11) is -3.24. The first-order valence-electron chi connectivity index (χ1n) is 5.00. The molecule has 2 aliphatic rings. The van der Waals surface area contributed by atoms with Crippen molar-refractivity contribution in [1.82, 2.24) is 4.90 Å². The van der Waals surface area contributed by atoms with Crippen molar-refractivity contribution in [2.75, 3.05) is 19.6 Å². The Morgan fingerprint density at radius 2 is 2.00 bits per heavy atom. The van der Waals surface area contributed by atoms with E-state index in [9.17, 15) is 8.42 Å². The second-order valence-corrected chi connectivity index (χ2v) is 6.44. The van der Waals surface area contributed by atoms with Crippen molar-refractivity contribution in [2.45, 2.75) is 19.3 Å². The summed E-state index contributed by atoms with van der Waals surface area (Å²) >= 11 is 3.10. The number of sulfone groups is 1. The number of rotatable bonds is 2. The Balaban J connectivity index is 2.04. The maximum absolute atomic E-state index is 11.6. The third-order valence-corrected chi connectivity index (χ3v) is 4.74. The molecule has 0 spiro atoms. The van der Waals surface area contributed by atoms with Crippen molar-refractivity contribution in [3.8, 4) is 0 Å². The van der Waals surface area contributed by atoms with E-state index in [0.717, 1.165) is 25.9 Å². The topological polar surface area (TPSA) is 49.7 Å². The molecule has 2 heterocycles. The Bertz CT molecular complexity index is 408. The smallest absolute Gasteiger partial charge is 0.217 e. The average molecular weight is 293 g/mol. The Morgan fingerprint density at radius 1 is 1.33 bits per heavy atom. The second kappa shape index (κ2) is 4.35. The first-order chi connectivity index (χ1) is 7.08. The van der Waals surface area contributed by atoms with Crippen LogP contribution in [0.15, 0.2) is 15.0 Å². The lowest BCUT2D eigenvalue weighted by molar-refractivity contribution is 0.259. The molecule has 0 aromatic heterocycles. The van der Waals surface area contributed by atoms with Gasteiger partial charge in [0, 0.05) is 0 Å². The molecule has 0 aliphatic carbocycles. The van der Waals surface area contributed by atoms with E-state index in [1.54, 1.807) is 0 Å². The van der Waals surface area contributed by atoms with Gasteiger partial charge in [-0.2, -0.15) is 0 Å². The summed E-state index contributed by atoms with van der Waals surface area (Å²) in [6.45, 7) is 2.41. The number of hydrogen-bond donors (Lipinski definition) is 0. The van der Waals surface area contributed by atoms with Crippen molar-refractivity contribution in [3.63, 3.8) is 0 Å². The van der Waals surface area contributed by atoms with E-state index >= 15 is 0 Å². The van der Waals surface area contributed by atoms with E-state index in [1.165, 1.54) is 11.8 Å². The molecule has 0 N–H and O–H groups in total. The van der Waals surface area contributed by atoms with Crippen molar-refractivity contribution < 1.29 is 8.42 Å². The Kier molecular flexibility index (Phi) is 3.27. The summed E-state index contributed by atoms with van der Waals surface area (Å²) in [6, 6.07) is 0. The molecule has 0 unspecified atom stereocenters. The zero-order valence-electron chi connectivity index (χ0n) is 8.32. The van der Waals surface area contributed by atoms with Gasteiger partial charge in [-0.25, -0.2) is 13.4 Å². The normalized spacial score (nSPS) is 26.2. The van der Waals surface area contributed by atoms with Crippen LogP contribution in [0.5, 0.6) is 0 Å². The lowest BCUT2D eigenvalue weighted by Gasteiger charge is -2.25. The van der Waals surface area contributed by atoms with Gasteiger partial charge in [-0.15, -0.1) is 0 Å². The minimum atomic E-state index is -3.24. The fraction of sp³-hybridized carbons (Fsp3) is 0.667. The molecule has 0 amide bonds. The summed E-state index contributed by atoms with van der Waals surface area (Å²) < 4.78 is 23.6. The molecule has 2 aliphatic heterocycles. The number of aliphatic imine (C=N–C) groups is 1. The molecule has 15 heavy (non-hydrogen) atoms. The van der Waals surface area contributed by atoms with Gasteiger partial charge in [-0.1, -0.05) is 6.42 Å². The molecule has 1 fully saturated rings. The fourth-order valence-electron chi connectivity index (χ4n) is 1.84. The van der Waals surface area contributed by atoms with Gasteiger partial charge < -0.3 is 0 Å². The quantitative estimate of drug-likeness (QED) is 0.725. The van der Waals surface area contributed by atoms with E-state index in [0.29, 0.717) is 11.2 Å². The largest absolute Gasteiger partial charge is 0.297 e. The van der Waals surface area contributed by atoms with Crippen LogP contribution in [0.2, 0.25) is 0 Å². The van der Waals surface area contributed by atoms with Crippen LogP contribution in [0, 0.1) is 0 Å². The molecular formula is C9H13BrN2O2S. The summed E-state index contributed by atoms with van der Waals surface area (Å²) in [5, 5.41) is 1.45. The fourth-order valence-corrected chi connectivity index (χ4v) is 3.94. The molecule has 0 radical (unpaired) electrons. The second-order valence-electron chi connectivity index (χ2n) is 3.83. The highest BCUT2D eigenvalue weighted by molar-refractivity contribution is 9.11. The predicted octanol–water partition coefficient (Wildman–Crippen LogP) is 1.49. The van der Waals surface area contributed by atoms with Crippen LogP contribution in [0.25, 0.3) is 0 Å². The third-order valence-electron chi connectivity index (χ3n) is 2.62. The molecule has 0 saturated carbocycles. The maximum atomic E-state index is 11.6. The lowest BCUT2D eigenvalue weighted by Crippen LogP contribution is -2.36. The first-order valence-corrected chi connectivity index (χ1v) is 7.34. The highest BCUT2D eigenvalue weighted by Gasteiger charge is 2.26. The zero-order valence-corrected chi connectivity index (χ0v) is 10.7. The highest BCUT2D eigenvalue weighted by atomic mass is 79.9. The van der Waals surface area contributed by atoms with Gasteiger partial charge in [0.25, 0.3) is 0 Å². The maximum Gasteiger partial charge on any atom is 0.217 e. The Morgan fingerprint density at radius 3 is 2.53 bits per heavy atom. The van der Waals surface area contributed by atoms with Crippen LogP contribution >= 0.6 is 15.9 Å². The van der Waals surface area contributed by atoms with Crippen LogP contribution in [-0.4, -0.2) is 38.0 Å². The Labute approximate surface area is 98.1 Å². The monoisotopic (exact) mass is 292 g/mol. The van der Waals surface area contributed by atoms with Gasteiger partial charge in [0.2, 0.25) is 9.84 Å². The summed E-state index contributed by atoms with van der Waals surface area (Å²) in [5.74, 6) is 0. The standard InChI is InChI=1S/C9H13BrN2O2S/c10-8-7-15(13,14)9(11-8)6-12-4-2-1-3-5-12/h7H,1-6H2. The van der Waals surface area contributed by atoms with Gasteiger partial charge in [-0.05, 0) is 41.9 Å². The van der Waals surface area contributed by atoms with Crippen LogP contribution < -0.4 is 0 Å². The number of piperidine rings is 1. The third kappa shape index (κ3) is 2.68. The summed E-state index contributed by atoms with van der Waals surface area (Å²) in [5.41, 5.74) is 0. The van der Waals surface area contributed by atoms with Crippen molar-refractivity contribution >= 4 is 30.8 Å². The molecular weight excluding hydrogens is 280 g/mol. The minimum Gasteiger partial charge on any atom is -0.297 e. The van der Waals surface area contributed by atoms with Crippen LogP contribution in [0.3, 0.4) is 0 Å². The molecule has 1 saturated heterocycles. The van der Waals surface area contributed by atoms with Gasteiger partial charge >= 0.3 is 0 Å². The van der Waals surface area contributed by atoms with Crippen molar-refractivity contribution in [1.29, 1.82) is 0 Å². The predicted molar refractivity (Wildman–Crippen MR) is 63.7 cm³/mol. The first kappa shape index (κ1) is 11.3. The number of likely N-dealkylation sites (tertiary alicyclic amines) is 1. The van der Waals surface area contributed by atoms with Gasteiger partial charge in [0.05, 0.1) is 12.0 Å². The van der Waals surface area contributed by atoms with E-state index in [4.69, 9.17) is 0 Å². The molecule has 0 bridgehead atoms. The molecule has 0 atom stereocenters. The molecule has 0 aromatic carbocycles. The van der Waals surface area contributed by atoms with Crippen LogP contribution in [0.4, 0.5) is 0 Å². The minimum absolute atomic E-state index is 0.274. The average Bonchev–Trinajstić information content (AvgIpc) is 2.41. The van der Waals surface area contributed by atoms with E-state index < -0.39 is 9.84 Å². The molecule has 4 nitrogen and oxygen atoms in total. The van der Waals surface area contributed by atoms with Crippen LogP contribution in [0.1, 0.15) is 19.3 Å². The summed E-state index contributed by atoms with van der Waals surface area (Å²) in [6.07, 6.45) is 3.56. The molecule has 2 rings (SSSR count). The number of nitrogens with zero attached hydrogens (tertiary/aromatic N) is 2. The Hall–Kier alpha value is -0.200. The molecule has 84 valence electrons. The highest BCUT2D eigenvalue weighted by Crippen LogP contribution is 2.20. The van der Waals surface area contributed by atoms with Gasteiger partial charge in [0.15, 0.2) is 5.04 Å². The van der Waals surface area contributed by atoms with E-state index in [-0.39, 0.29) is 5.04 Å². The molecule has 0 aromatic rings. The number of halogens is 1. The molecule has 6 heteroatoms.